The van der Waals surface area contributed by atoms with Crippen molar-refractivity contribution in [3.05, 3.63) is 66.3 Å². The smallest absolute Gasteiger partial charge is 0.246 e. The SMILES string of the molecule is CN(C)CCN(Cc1cccnc1)C(=O)/C=C/c1cccnc1. The van der Waals surface area contributed by atoms with Gasteiger partial charge in [0, 0.05) is 50.5 Å². The highest BCUT2D eigenvalue weighted by Crippen LogP contribution is 2.06. The summed E-state index contributed by atoms with van der Waals surface area (Å²) in [5.74, 6) is -0.0143. The third-order valence-corrected chi connectivity index (χ3v) is 3.33. The topological polar surface area (TPSA) is 49.3 Å². The second-order valence-corrected chi connectivity index (χ2v) is 5.54. The van der Waals surface area contributed by atoms with Gasteiger partial charge in [0.25, 0.3) is 0 Å². The summed E-state index contributed by atoms with van der Waals surface area (Å²) in [6.45, 7) is 2.03. The molecule has 120 valence electrons. The molecule has 0 fully saturated rings. The van der Waals surface area contributed by atoms with Crippen molar-refractivity contribution >= 4 is 12.0 Å². The Labute approximate surface area is 137 Å². The van der Waals surface area contributed by atoms with E-state index in [9.17, 15) is 4.79 Å². The molecule has 5 heteroatoms. The minimum absolute atomic E-state index is 0.0143. The number of aromatic nitrogens is 2. The van der Waals surface area contributed by atoms with Gasteiger partial charge in [-0.25, -0.2) is 0 Å². The third-order valence-electron chi connectivity index (χ3n) is 3.33. The van der Waals surface area contributed by atoms with Crippen LogP contribution in [0.3, 0.4) is 0 Å². The molecule has 2 aromatic rings. The molecule has 0 atom stereocenters. The number of pyridine rings is 2. The number of rotatable bonds is 7. The summed E-state index contributed by atoms with van der Waals surface area (Å²) < 4.78 is 0. The van der Waals surface area contributed by atoms with Crippen molar-refractivity contribution in [3.8, 4) is 0 Å². The van der Waals surface area contributed by atoms with E-state index in [2.05, 4.69) is 14.9 Å². The van der Waals surface area contributed by atoms with E-state index < -0.39 is 0 Å². The molecule has 5 nitrogen and oxygen atoms in total. The Bertz CT molecular complexity index is 626. The molecule has 2 heterocycles. The lowest BCUT2D eigenvalue weighted by atomic mass is 10.2. The van der Waals surface area contributed by atoms with Crippen LogP contribution in [-0.4, -0.2) is 52.9 Å². The van der Waals surface area contributed by atoms with Crippen molar-refractivity contribution in [3.63, 3.8) is 0 Å². The molecule has 1 amide bonds. The van der Waals surface area contributed by atoms with E-state index in [-0.39, 0.29) is 5.91 Å². The molecule has 0 N–H and O–H groups in total. The van der Waals surface area contributed by atoms with Crippen LogP contribution in [0.15, 0.2) is 55.1 Å². The van der Waals surface area contributed by atoms with Crippen LogP contribution in [0.2, 0.25) is 0 Å². The number of carbonyl (C=O) groups excluding carboxylic acids is 1. The summed E-state index contributed by atoms with van der Waals surface area (Å²) in [6.07, 6.45) is 10.4. The fourth-order valence-corrected chi connectivity index (χ4v) is 2.05. The molecule has 0 spiro atoms. The number of carbonyl (C=O) groups is 1. The zero-order valence-corrected chi connectivity index (χ0v) is 13.6. The molecule has 0 bridgehead atoms. The molecule has 2 rings (SSSR count). The van der Waals surface area contributed by atoms with Crippen molar-refractivity contribution in [1.29, 1.82) is 0 Å². The summed E-state index contributed by atoms with van der Waals surface area (Å²) in [7, 11) is 4.00. The molecule has 0 aromatic carbocycles. The summed E-state index contributed by atoms with van der Waals surface area (Å²) in [4.78, 5) is 24.6. The predicted molar refractivity (Wildman–Crippen MR) is 91.5 cm³/mol. The zero-order valence-electron chi connectivity index (χ0n) is 13.6. The maximum Gasteiger partial charge on any atom is 0.246 e. The van der Waals surface area contributed by atoms with Gasteiger partial charge in [-0.15, -0.1) is 0 Å². The highest BCUT2D eigenvalue weighted by atomic mass is 16.2. The normalized spacial score (nSPS) is 11.1. The molecule has 0 saturated carbocycles. The van der Waals surface area contributed by atoms with E-state index in [1.807, 2.05) is 43.3 Å². The van der Waals surface area contributed by atoms with Gasteiger partial charge < -0.3 is 9.80 Å². The first-order valence-corrected chi connectivity index (χ1v) is 7.56. The van der Waals surface area contributed by atoms with Gasteiger partial charge in [-0.05, 0) is 43.4 Å². The summed E-state index contributed by atoms with van der Waals surface area (Å²) in [5, 5.41) is 0. The fraction of sp³-hybridized carbons (Fsp3) is 0.278. The minimum atomic E-state index is -0.0143. The Morgan fingerprint density at radius 3 is 2.43 bits per heavy atom. The van der Waals surface area contributed by atoms with Crippen LogP contribution in [0.25, 0.3) is 6.08 Å². The lowest BCUT2D eigenvalue weighted by Gasteiger charge is -2.23. The molecular formula is C18H22N4O. The first kappa shape index (κ1) is 16.8. The van der Waals surface area contributed by atoms with Crippen LogP contribution < -0.4 is 0 Å². The van der Waals surface area contributed by atoms with Crippen LogP contribution in [0.4, 0.5) is 0 Å². The maximum atomic E-state index is 12.5. The largest absolute Gasteiger partial charge is 0.333 e. The van der Waals surface area contributed by atoms with Gasteiger partial charge >= 0.3 is 0 Å². The molecule has 23 heavy (non-hydrogen) atoms. The van der Waals surface area contributed by atoms with Crippen molar-refractivity contribution in [2.45, 2.75) is 6.54 Å². The van der Waals surface area contributed by atoms with Crippen LogP contribution in [0, 0.1) is 0 Å². The standard InChI is InChI=1S/C18H22N4O/c1-21(2)11-12-22(15-17-6-4-10-20-14-17)18(23)8-7-16-5-3-9-19-13-16/h3-10,13-14H,11-12,15H2,1-2H3/b8-7+. The number of likely N-dealkylation sites (N-methyl/N-ethyl adjacent to an activating group) is 1. The highest BCUT2D eigenvalue weighted by molar-refractivity contribution is 5.91. The van der Waals surface area contributed by atoms with Crippen LogP contribution in [0.1, 0.15) is 11.1 Å². The van der Waals surface area contributed by atoms with E-state index in [4.69, 9.17) is 0 Å². The molecule has 0 aliphatic carbocycles. The number of hydrogen-bond donors (Lipinski definition) is 0. The summed E-state index contributed by atoms with van der Waals surface area (Å²) >= 11 is 0. The number of amides is 1. The lowest BCUT2D eigenvalue weighted by molar-refractivity contribution is -0.126. The van der Waals surface area contributed by atoms with Crippen LogP contribution in [0.5, 0.6) is 0 Å². The van der Waals surface area contributed by atoms with E-state index in [1.165, 1.54) is 0 Å². The Kier molecular flexibility index (Phi) is 6.44. The molecule has 0 radical (unpaired) electrons. The molecule has 0 saturated heterocycles. The molecule has 2 aromatic heterocycles. The van der Waals surface area contributed by atoms with Gasteiger partial charge in [0.2, 0.25) is 5.91 Å². The molecule has 0 aliphatic heterocycles. The first-order chi connectivity index (χ1) is 11.1. The van der Waals surface area contributed by atoms with Crippen molar-refractivity contribution in [2.75, 3.05) is 27.2 Å². The van der Waals surface area contributed by atoms with Crippen LogP contribution >= 0.6 is 0 Å². The van der Waals surface area contributed by atoms with Crippen molar-refractivity contribution < 1.29 is 4.79 Å². The highest BCUT2D eigenvalue weighted by Gasteiger charge is 2.11. The average Bonchev–Trinajstić information content (AvgIpc) is 2.58. The second kappa shape index (κ2) is 8.80. The van der Waals surface area contributed by atoms with Gasteiger partial charge in [-0.1, -0.05) is 12.1 Å². The third kappa shape index (κ3) is 6.00. The first-order valence-electron chi connectivity index (χ1n) is 7.56. The second-order valence-electron chi connectivity index (χ2n) is 5.54. The lowest BCUT2D eigenvalue weighted by Crippen LogP contribution is -2.35. The van der Waals surface area contributed by atoms with Gasteiger partial charge in [0.05, 0.1) is 0 Å². The van der Waals surface area contributed by atoms with Crippen molar-refractivity contribution in [2.24, 2.45) is 0 Å². The Morgan fingerprint density at radius 2 is 1.83 bits per heavy atom. The van der Waals surface area contributed by atoms with E-state index in [0.717, 1.165) is 17.7 Å². The number of hydrogen-bond acceptors (Lipinski definition) is 4. The van der Waals surface area contributed by atoms with Crippen LogP contribution in [-0.2, 0) is 11.3 Å². The zero-order chi connectivity index (χ0) is 16.5. The minimum Gasteiger partial charge on any atom is -0.333 e. The van der Waals surface area contributed by atoms with Gasteiger partial charge in [-0.3, -0.25) is 14.8 Å². The molecule has 0 aliphatic rings. The molecule has 0 unspecified atom stereocenters. The van der Waals surface area contributed by atoms with Gasteiger partial charge in [0.15, 0.2) is 0 Å². The van der Waals surface area contributed by atoms with Gasteiger partial charge in [0.1, 0.15) is 0 Å². The predicted octanol–water partition coefficient (Wildman–Crippen LogP) is 2.08. The fourth-order valence-electron chi connectivity index (χ4n) is 2.05. The maximum absolute atomic E-state index is 12.5. The van der Waals surface area contributed by atoms with E-state index >= 15 is 0 Å². The van der Waals surface area contributed by atoms with Gasteiger partial charge in [-0.2, -0.15) is 0 Å². The molecular weight excluding hydrogens is 288 g/mol. The Morgan fingerprint density at radius 1 is 1.09 bits per heavy atom. The van der Waals surface area contributed by atoms with Crippen molar-refractivity contribution in [1.82, 2.24) is 19.8 Å². The Hall–Kier alpha value is -2.53. The summed E-state index contributed by atoms with van der Waals surface area (Å²) in [6, 6.07) is 7.63. The average molecular weight is 310 g/mol. The summed E-state index contributed by atoms with van der Waals surface area (Å²) in [5.41, 5.74) is 1.93. The number of nitrogens with zero attached hydrogens (tertiary/aromatic N) is 4. The van der Waals surface area contributed by atoms with E-state index in [1.54, 1.807) is 36.9 Å². The Balaban J connectivity index is 2.05. The quantitative estimate of drug-likeness (QED) is 0.735. The monoisotopic (exact) mass is 310 g/mol. The van der Waals surface area contributed by atoms with E-state index in [0.29, 0.717) is 13.1 Å².